The number of anilines is 1. The summed E-state index contributed by atoms with van der Waals surface area (Å²) in [5.74, 6) is -1.99. The molecule has 6 nitrogen and oxygen atoms in total. The molecule has 0 radical (unpaired) electrons. The lowest BCUT2D eigenvalue weighted by atomic mass is 9.98. The van der Waals surface area contributed by atoms with Gasteiger partial charge in [0, 0.05) is 23.5 Å². The average Bonchev–Trinajstić information content (AvgIpc) is 2.78. The molecular weight excluding hydrogens is 493 g/mol. The lowest BCUT2D eigenvalue weighted by molar-refractivity contribution is -0.123. The molecule has 1 fully saturated rings. The summed E-state index contributed by atoms with van der Waals surface area (Å²) < 4.78 is 28.4. The van der Waals surface area contributed by atoms with Crippen molar-refractivity contribution in [1.82, 2.24) is 10.3 Å². The predicted octanol–water partition coefficient (Wildman–Crippen LogP) is 3.94. The molecule has 2 aliphatic rings. The van der Waals surface area contributed by atoms with Crippen molar-refractivity contribution in [2.45, 2.75) is 18.6 Å². The third kappa shape index (κ3) is 5.50. The largest absolute Gasteiger partial charge is 0.358 e. The monoisotopic (exact) mass is 512 g/mol. The second-order valence-corrected chi connectivity index (χ2v) is 8.83. The summed E-state index contributed by atoms with van der Waals surface area (Å²) in [6.07, 6.45) is 1.33. The number of benzene rings is 2. The van der Waals surface area contributed by atoms with Gasteiger partial charge in [-0.25, -0.2) is 8.78 Å². The smallest absolute Gasteiger partial charge is 0.274 e. The molecule has 2 aromatic rings. The number of hydrogen-bond acceptors (Lipinski definition) is 6. The number of halogens is 4. The molecule has 0 aliphatic carbocycles. The van der Waals surface area contributed by atoms with E-state index < -0.39 is 29.6 Å². The number of nitrogens with zero attached hydrogens (tertiary/aromatic N) is 1. The number of hydrogen-bond donors (Lipinski definition) is 3. The Balaban J connectivity index is 0.00000306. The van der Waals surface area contributed by atoms with Crippen molar-refractivity contribution >= 4 is 53.1 Å². The molecule has 2 aliphatic heterocycles. The summed E-state index contributed by atoms with van der Waals surface area (Å²) in [5, 5.41) is 0.563. The Labute approximate surface area is 204 Å². The van der Waals surface area contributed by atoms with Gasteiger partial charge in [0.25, 0.3) is 5.91 Å². The summed E-state index contributed by atoms with van der Waals surface area (Å²) in [6.45, 7) is 0.250. The van der Waals surface area contributed by atoms with Crippen LogP contribution < -0.4 is 16.6 Å². The van der Waals surface area contributed by atoms with E-state index in [0.29, 0.717) is 10.7 Å². The highest BCUT2D eigenvalue weighted by Crippen LogP contribution is 2.40. The topological polar surface area (TPSA) is 87.5 Å². The summed E-state index contributed by atoms with van der Waals surface area (Å²) in [7, 11) is 0. The van der Waals surface area contributed by atoms with Crippen LogP contribution in [0, 0.1) is 5.82 Å². The van der Waals surface area contributed by atoms with E-state index in [2.05, 4.69) is 10.9 Å². The minimum Gasteiger partial charge on any atom is -0.358 e. The highest BCUT2D eigenvalue weighted by Gasteiger charge is 2.42. The predicted molar refractivity (Wildman–Crippen MR) is 128 cm³/mol. The molecule has 1 amide bonds. The van der Waals surface area contributed by atoms with Crippen LogP contribution in [0.4, 0.5) is 14.5 Å². The van der Waals surface area contributed by atoms with Crippen molar-refractivity contribution in [2.24, 2.45) is 5.73 Å². The van der Waals surface area contributed by atoms with E-state index >= 15 is 4.39 Å². The van der Waals surface area contributed by atoms with Gasteiger partial charge in [0.15, 0.2) is 5.78 Å². The van der Waals surface area contributed by atoms with E-state index in [4.69, 9.17) is 17.3 Å². The normalized spacial score (nSPS) is 19.9. The summed E-state index contributed by atoms with van der Waals surface area (Å²) >= 11 is 7.08. The van der Waals surface area contributed by atoms with Gasteiger partial charge >= 0.3 is 0 Å². The Hall–Kier alpha value is -2.59. The van der Waals surface area contributed by atoms with E-state index in [1.165, 1.54) is 30.5 Å². The fourth-order valence-corrected chi connectivity index (χ4v) is 4.72. The molecule has 4 N–H and O–H groups in total. The highest BCUT2D eigenvalue weighted by molar-refractivity contribution is 8.03. The van der Waals surface area contributed by atoms with Gasteiger partial charge < -0.3 is 10.6 Å². The molecule has 0 aromatic heterocycles. The first-order valence-corrected chi connectivity index (χ1v) is 11.1. The zero-order chi connectivity index (χ0) is 22.8. The van der Waals surface area contributed by atoms with Crippen molar-refractivity contribution in [2.75, 3.05) is 11.2 Å². The van der Waals surface area contributed by atoms with Crippen molar-refractivity contribution in [1.29, 1.82) is 0 Å². The summed E-state index contributed by atoms with van der Waals surface area (Å²) in [4.78, 5) is 27.3. The Bertz CT molecular complexity index is 1110. The number of thioether (sulfide) groups is 1. The maximum Gasteiger partial charge on any atom is 0.274 e. The Morgan fingerprint density at radius 1 is 1.15 bits per heavy atom. The van der Waals surface area contributed by atoms with Gasteiger partial charge in [0.2, 0.25) is 0 Å². The number of amides is 1. The van der Waals surface area contributed by atoms with Crippen LogP contribution in [-0.2, 0) is 16.1 Å². The van der Waals surface area contributed by atoms with Crippen LogP contribution in [0.15, 0.2) is 71.0 Å². The van der Waals surface area contributed by atoms with Crippen molar-refractivity contribution in [3.63, 3.8) is 0 Å². The van der Waals surface area contributed by atoms with Crippen molar-refractivity contribution in [3.8, 4) is 0 Å². The maximum atomic E-state index is 15.3. The Morgan fingerprint density at radius 3 is 2.48 bits per heavy atom. The molecule has 0 bridgehead atoms. The first-order chi connectivity index (χ1) is 15.3. The van der Waals surface area contributed by atoms with Gasteiger partial charge in [0.05, 0.1) is 22.2 Å². The standard InChI is InChI=1S/C22H19ClF2N4O2S.ClH/c23-13-3-1-12(2-4-13)9-29-10-16(18(25)21-19(29)20(30)17(26)11-32-21)22(31)28-27-15-7-5-14(24)6-8-15;/h1-8,10,17,19,27H,9,11,26H2,(H,28,31);1H/t17-,19?;/m0./s1. The Kier molecular flexibility index (Phi) is 8.01. The number of carbonyl (C=O) groups excluding carboxylic acids is 2. The molecule has 0 saturated carbocycles. The number of Topliss-reactive ketones (excluding diaryl/α,β-unsaturated/α-hetero) is 1. The number of nitrogens with two attached hydrogens (primary N) is 1. The van der Waals surface area contributed by atoms with Crippen LogP contribution in [0.5, 0.6) is 0 Å². The van der Waals surface area contributed by atoms with Crippen LogP contribution in [-0.4, -0.2) is 34.4 Å². The fraction of sp³-hybridized carbons (Fsp3) is 0.182. The quantitative estimate of drug-likeness (QED) is 0.526. The van der Waals surface area contributed by atoms with Gasteiger partial charge in [-0.1, -0.05) is 23.7 Å². The second kappa shape index (κ2) is 10.6. The number of fused-ring (bicyclic) bond motifs is 1. The van der Waals surface area contributed by atoms with E-state index in [1.807, 2.05) is 0 Å². The molecule has 1 saturated heterocycles. The van der Waals surface area contributed by atoms with Gasteiger partial charge in [-0.15, -0.1) is 24.2 Å². The minimum absolute atomic E-state index is 0. The van der Waals surface area contributed by atoms with Crippen molar-refractivity contribution in [3.05, 3.63) is 87.4 Å². The minimum atomic E-state index is -0.902. The van der Waals surface area contributed by atoms with Gasteiger partial charge in [-0.2, -0.15) is 0 Å². The Morgan fingerprint density at radius 2 is 1.82 bits per heavy atom. The molecule has 1 unspecified atom stereocenters. The van der Waals surface area contributed by atoms with Crippen LogP contribution >= 0.6 is 35.8 Å². The fourth-order valence-electron chi connectivity index (χ4n) is 3.43. The molecule has 174 valence electrons. The molecule has 4 rings (SSSR count). The molecule has 33 heavy (non-hydrogen) atoms. The number of hydrazine groups is 1. The van der Waals surface area contributed by atoms with Gasteiger partial charge in [-0.05, 0) is 42.0 Å². The van der Waals surface area contributed by atoms with Crippen LogP contribution in [0.2, 0.25) is 5.02 Å². The number of nitrogens with one attached hydrogen (secondary N) is 2. The summed E-state index contributed by atoms with van der Waals surface area (Å²) in [6, 6.07) is 10.7. The highest BCUT2D eigenvalue weighted by atomic mass is 35.5. The van der Waals surface area contributed by atoms with Gasteiger partial charge in [0.1, 0.15) is 17.7 Å². The van der Waals surface area contributed by atoms with Gasteiger partial charge in [-0.3, -0.25) is 20.4 Å². The first-order valence-electron chi connectivity index (χ1n) is 9.69. The van der Waals surface area contributed by atoms with E-state index in [0.717, 1.165) is 17.3 Å². The number of rotatable bonds is 5. The summed E-state index contributed by atoms with van der Waals surface area (Å²) in [5.41, 5.74) is 12.0. The maximum absolute atomic E-state index is 15.3. The third-order valence-electron chi connectivity index (χ3n) is 5.07. The second-order valence-electron chi connectivity index (χ2n) is 7.33. The molecule has 11 heteroatoms. The van der Waals surface area contributed by atoms with Crippen molar-refractivity contribution < 1.29 is 18.4 Å². The van der Waals surface area contributed by atoms with E-state index in [-0.39, 0.29) is 41.0 Å². The molecule has 0 spiro atoms. The lowest BCUT2D eigenvalue weighted by Crippen LogP contribution is -2.52. The van der Waals surface area contributed by atoms with Crippen LogP contribution in [0.3, 0.4) is 0 Å². The number of carbonyl (C=O) groups is 2. The zero-order valence-electron chi connectivity index (χ0n) is 17.1. The lowest BCUT2D eigenvalue weighted by Gasteiger charge is -2.39. The van der Waals surface area contributed by atoms with Crippen LogP contribution in [0.1, 0.15) is 5.56 Å². The average molecular weight is 513 g/mol. The molecule has 2 aromatic carbocycles. The molecule has 2 heterocycles. The van der Waals surface area contributed by atoms with E-state index in [1.54, 1.807) is 29.2 Å². The molecule has 2 atom stereocenters. The van der Waals surface area contributed by atoms with E-state index in [9.17, 15) is 14.0 Å². The SMILES string of the molecule is Cl.N[C@H]1CSC2=C(F)C(C(=O)NNc3ccc(F)cc3)=CN(Cc3ccc(Cl)cc3)C2C1=O. The number of ketones is 1. The van der Waals surface area contributed by atoms with Crippen LogP contribution in [0.25, 0.3) is 0 Å². The zero-order valence-corrected chi connectivity index (χ0v) is 19.4. The first kappa shape index (κ1) is 25.0. The third-order valence-corrected chi connectivity index (χ3v) is 6.56. The molecular formula is C22H20Cl2F2N4O2S.